The highest BCUT2D eigenvalue weighted by Gasteiger charge is 2.40. The zero-order valence-electron chi connectivity index (χ0n) is 26.5. The molecule has 0 aromatic rings. The summed E-state index contributed by atoms with van der Waals surface area (Å²) >= 11 is 8.55. The lowest BCUT2D eigenvalue weighted by Gasteiger charge is -2.28. The van der Waals surface area contributed by atoms with Gasteiger partial charge < -0.3 is 14.6 Å². The van der Waals surface area contributed by atoms with Crippen LogP contribution in [0.3, 0.4) is 0 Å². The average Bonchev–Trinajstić information content (AvgIpc) is 3.36. The summed E-state index contributed by atoms with van der Waals surface area (Å²) in [4.78, 5) is 0. The molecule has 1 unspecified atom stereocenters. The highest BCUT2D eigenvalue weighted by atomic mass is 32.2. The lowest BCUT2D eigenvalue weighted by Crippen LogP contribution is -2.31. The molecule has 0 spiro atoms. The minimum absolute atomic E-state index is 0.0788. The molecule has 3 nitrogen and oxygen atoms in total. The smallest absolute Gasteiger partial charge is 0.168 e. The molecule has 0 aromatic heterocycles. The number of aliphatic hydroxyl groups excluding tert-OH is 1. The number of aliphatic hydroxyl groups is 1. The third-order valence-corrected chi connectivity index (χ3v) is 12.4. The van der Waals surface area contributed by atoms with Gasteiger partial charge in [0.2, 0.25) is 0 Å². The number of hydrogen-bond acceptors (Lipinski definition) is 7. The molecule has 1 aliphatic rings. The summed E-state index contributed by atoms with van der Waals surface area (Å²) in [6.45, 7) is 5.40. The molecule has 1 heterocycles. The summed E-state index contributed by atoms with van der Waals surface area (Å²) < 4.78 is 12.7. The maximum absolute atomic E-state index is 9.37. The molecule has 240 valence electrons. The summed E-state index contributed by atoms with van der Waals surface area (Å²) in [7, 11) is 0. The van der Waals surface area contributed by atoms with Crippen LogP contribution < -0.4 is 0 Å². The van der Waals surface area contributed by atoms with Gasteiger partial charge in [-0.05, 0) is 68.0 Å². The number of thioether (sulfide) groups is 4. The number of rotatable bonds is 32. The number of unbranched alkanes of at least 4 members (excludes halogenated alkanes) is 12. The Balaban J connectivity index is 2.03. The topological polar surface area (TPSA) is 38.7 Å². The monoisotopic (exact) mass is 638 g/mol. The lowest BCUT2D eigenvalue weighted by atomic mass is 9.99. The highest BCUT2D eigenvalue weighted by molar-refractivity contribution is 8.03. The second-order valence-corrected chi connectivity index (χ2v) is 16.3. The molecule has 0 saturated carbocycles. The van der Waals surface area contributed by atoms with Crippen LogP contribution in [0, 0.1) is 0 Å². The molecule has 0 aliphatic carbocycles. The predicted octanol–water partition coefficient (Wildman–Crippen LogP) is 10.5. The summed E-state index contributed by atoms with van der Waals surface area (Å²) in [5, 5.41) is 9.37. The maximum Gasteiger partial charge on any atom is 0.168 e. The van der Waals surface area contributed by atoms with E-state index in [1.807, 2.05) is 0 Å². The van der Waals surface area contributed by atoms with Gasteiger partial charge in [0, 0.05) is 42.5 Å². The standard InChI is InChI=1S/C33H66O3S4/c1-3-5-23-37-27-29-39-25-17-13-9-7-11-15-20-33(35-31-32(36-33)19-22-34)21-16-12-8-10-14-18-26-40-30-28-38-24-6-4-2/h32,34H,3-31H2,1-2H3. The van der Waals surface area contributed by atoms with Gasteiger partial charge in [-0.15, -0.1) is 0 Å². The normalized spacial score (nSPS) is 16.7. The third kappa shape index (κ3) is 23.7. The van der Waals surface area contributed by atoms with Crippen LogP contribution in [-0.4, -0.2) is 76.2 Å². The summed E-state index contributed by atoms with van der Waals surface area (Å²) in [6.07, 6.45) is 24.1. The van der Waals surface area contributed by atoms with E-state index < -0.39 is 0 Å². The molecule has 0 aromatic carbocycles. The van der Waals surface area contributed by atoms with Gasteiger partial charge in [0.05, 0.1) is 12.7 Å². The SMILES string of the molecule is CCCCSCCSCCCCCCCCC1(CCCCCCCCSCCSCCCC)OCC(CCO)O1. The average molecular weight is 639 g/mol. The van der Waals surface area contributed by atoms with Crippen LogP contribution in [0.15, 0.2) is 0 Å². The summed E-state index contributed by atoms with van der Waals surface area (Å²) in [5.41, 5.74) is 0. The molecule has 0 bridgehead atoms. The molecule has 0 amide bonds. The van der Waals surface area contributed by atoms with E-state index in [4.69, 9.17) is 9.47 Å². The fourth-order valence-corrected chi connectivity index (χ4v) is 9.54. The lowest BCUT2D eigenvalue weighted by molar-refractivity contribution is -0.180. The van der Waals surface area contributed by atoms with Crippen LogP contribution in [0.4, 0.5) is 0 Å². The van der Waals surface area contributed by atoms with E-state index in [1.165, 1.54) is 149 Å². The molecule has 1 aliphatic heterocycles. The van der Waals surface area contributed by atoms with Gasteiger partial charge in [0.15, 0.2) is 5.79 Å². The molecule has 1 saturated heterocycles. The zero-order valence-corrected chi connectivity index (χ0v) is 29.7. The van der Waals surface area contributed by atoms with Gasteiger partial charge >= 0.3 is 0 Å². The minimum Gasteiger partial charge on any atom is -0.396 e. The van der Waals surface area contributed by atoms with Crippen molar-refractivity contribution in [1.82, 2.24) is 0 Å². The molecule has 0 radical (unpaired) electrons. The second kappa shape index (κ2) is 30.3. The number of ether oxygens (including phenoxy) is 2. The van der Waals surface area contributed by atoms with Gasteiger partial charge in [-0.3, -0.25) is 0 Å². The van der Waals surface area contributed by atoms with Crippen molar-refractivity contribution in [2.75, 3.05) is 59.2 Å². The molecule has 7 heteroatoms. The highest BCUT2D eigenvalue weighted by Crippen LogP contribution is 2.35. The van der Waals surface area contributed by atoms with Crippen molar-refractivity contribution < 1.29 is 14.6 Å². The predicted molar refractivity (Wildman–Crippen MR) is 189 cm³/mol. The molecule has 1 rings (SSSR count). The third-order valence-electron chi connectivity index (χ3n) is 7.59. The van der Waals surface area contributed by atoms with Crippen molar-refractivity contribution >= 4 is 47.0 Å². The quantitative estimate of drug-likeness (QED) is 0.0735. The Hall–Kier alpha value is 1.28. The summed E-state index contributed by atoms with van der Waals surface area (Å²) in [5.74, 6) is 10.3. The molecule has 1 atom stereocenters. The first kappa shape index (κ1) is 39.3. The minimum atomic E-state index is -0.378. The van der Waals surface area contributed by atoms with E-state index in [1.54, 1.807) is 0 Å². The first-order valence-corrected chi connectivity index (χ1v) is 21.6. The van der Waals surface area contributed by atoms with Crippen molar-refractivity contribution in [3.05, 3.63) is 0 Å². The molecular weight excluding hydrogens is 573 g/mol. The Morgan fingerprint density at radius 1 is 0.550 bits per heavy atom. The fourth-order valence-electron chi connectivity index (χ4n) is 5.04. The maximum atomic E-state index is 9.37. The first-order valence-electron chi connectivity index (χ1n) is 17.0. The van der Waals surface area contributed by atoms with Crippen LogP contribution >= 0.6 is 47.0 Å². The van der Waals surface area contributed by atoms with Crippen LogP contribution in [0.2, 0.25) is 0 Å². The van der Waals surface area contributed by atoms with E-state index in [9.17, 15) is 5.11 Å². The molecular formula is C33H66O3S4. The Morgan fingerprint density at radius 3 is 1.38 bits per heavy atom. The van der Waals surface area contributed by atoms with Gasteiger partial charge in [-0.25, -0.2) is 0 Å². The van der Waals surface area contributed by atoms with Crippen LogP contribution in [0.1, 0.15) is 136 Å². The Morgan fingerprint density at radius 2 is 0.950 bits per heavy atom. The van der Waals surface area contributed by atoms with Crippen molar-refractivity contribution in [2.45, 2.75) is 148 Å². The Labute approximate surface area is 267 Å². The van der Waals surface area contributed by atoms with Gasteiger partial charge in [0.1, 0.15) is 0 Å². The van der Waals surface area contributed by atoms with E-state index in [0.29, 0.717) is 13.0 Å². The van der Waals surface area contributed by atoms with Gasteiger partial charge in [-0.1, -0.05) is 78.1 Å². The molecule has 1 N–H and O–H groups in total. The van der Waals surface area contributed by atoms with Crippen molar-refractivity contribution in [2.24, 2.45) is 0 Å². The van der Waals surface area contributed by atoms with Crippen molar-refractivity contribution in [3.8, 4) is 0 Å². The van der Waals surface area contributed by atoms with Crippen LogP contribution in [-0.2, 0) is 9.47 Å². The summed E-state index contributed by atoms with van der Waals surface area (Å²) in [6, 6.07) is 0. The van der Waals surface area contributed by atoms with Crippen LogP contribution in [0.25, 0.3) is 0 Å². The van der Waals surface area contributed by atoms with Gasteiger partial charge in [-0.2, -0.15) is 47.0 Å². The van der Waals surface area contributed by atoms with Crippen molar-refractivity contribution in [3.63, 3.8) is 0 Å². The first-order chi connectivity index (χ1) is 19.8. The largest absolute Gasteiger partial charge is 0.396 e. The fraction of sp³-hybridized carbons (Fsp3) is 1.00. The van der Waals surface area contributed by atoms with Crippen LogP contribution in [0.5, 0.6) is 0 Å². The second-order valence-electron chi connectivity index (χ2n) is 11.4. The molecule has 1 fully saturated rings. The Kier molecular flexibility index (Phi) is 29.8. The Bertz CT molecular complexity index is 480. The van der Waals surface area contributed by atoms with E-state index in [2.05, 4.69) is 60.9 Å². The number of hydrogen-bond donors (Lipinski definition) is 1. The van der Waals surface area contributed by atoms with Crippen molar-refractivity contribution in [1.29, 1.82) is 0 Å². The van der Waals surface area contributed by atoms with Gasteiger partial charge in [0.25, 0.3) is 0 Å². The van der Waals surface area contributed by atoms with E-state index in [-0.39, 0.29) is 18.5 Å². The van der Waals surface area contributed by atoms with E-state index in [0.717, 1.165) is 12.8 Å². The van der Waals surface area contributed by atoms with E-state index >= 15 is 0 Å². The zero-order chi connectivity index (χ0) is 28.8. The molecule has 40 heavy (non-hydrogen) atoms.